The number of nitrogens with two attached hydrogens (primary N) is 1. The molecule has 1 unspecified atom stereocenters. The van der Waals surface area contributed by atoms with Crippen molar-refractivity contribution in [1.29, 1.82) is 0 Å². The summed E-state index contributed by atoms with van der Waals surface area (Å²) in [5.41, 5.74) is 0.783. The van der Waals surface area contributed by atoms with Crippen LogP contribution in [0.25, 0.3) is 0 Å². The summed E-state index contributed by atoms with van der Waals surface area (Å²) < 4.78 is 4.59. The average Bonchev–Trinajstić information content (AvgIpc) is 2.27. The van der Waals surface area contributed by atoms with E-state index in [0.717, 1.165) is 5.69 Å². The highest BCUT2D eigenvalue weighted by atomic mass is 16.5. The number of rotatable bonds is 3. The summed E-state index contributed by atoms with van der Waals surface area (Å²) in [7, 11) is 1.34. The largest absolute Gasteiger partial charge is 0.467 e. The molecule has 0 fully saturated rings. The molecule has 76 valence electrons. The predicted molar refractivity (Wildman–Crippen MR) is 54.6 cm³/mol. The lowest BCUT2D eigenvalue weighted by atomic mass is 10.2. The summed E-state index contributed by atoms with van der Waals surface area (Å²) in [5.74, 6) is 5.40. The van der Waals surface area contributed by atoms with Crippen LogP contribution in [-0.4, -0.2) is 19.1 Å². The number of anilines is 1. The fourth-order valence-electron chi connectivity index (χ4n) is 1.11. The Bertz CT molecular complexity index is 300. The molecular weight excluding hydrogens is 180 g/mol. The Morgan fingerprint density at radius 2 is 2.00 bits per heavy atom. The molecule has 0 radical (unpaired) electrons. The normalized spacial score (nSPS) is 11.9. The molecule has 0 aliphatic rings. The molecule has 14 heavy (non-hydrogen) atoms. The summed E-state index contributed by atoms with van der Waals surface area (Å²) in [6.45, 7) is 1.69. The van der Waals surface area contributed by atoms with E-state index in [9.17, 15) is 4.79 Å². The van der Waals surface area contributed by atoms with Crippen molar-refractivity contribution in [2.45, 2.75) is 13.0 Å². The number of hydrogen-bond donors (Lipinski definition) is 1. The van der Waals surface area contributed by atoms with E-state index < -0.39 is 6.04 Å². The first kappa shape index (κ1) is 10.5. The van der Waals surface area contributed by atoms with E-state index in [1.807, 2.05) is 30.3 Å². The number of ether oxygens (including phenoxy) is 1. The molecule has 1 aromatic carbocycles. The van der Waals surface area contributed by atoms with Crippen molar-refractivity contribution in [3.63, 3.8) is 0 Å². The molecule has 0 aliphatic heterocycles. The van der Waals surface area contributed by atoms with Crippen molar-refractivity contribution in [2.24, 2.45) is 5.84 Å². The summed E-state index contributed by atoms with van der Waals surface area (Å²) in [5, 5.41) is 1.38. The second-order valence-electron chi connectivity index (χ2n) is 2.94. The lowest BCUT2D eigenvalue weighted by Gasteiger charge is -2.23. The van der Waals surface area contributed by atoms with E-state index in [0.29, 0.717) is 0 Å². The molecular formula is C10H14N2O2. The maximum atomic E-state index is 11.2. The van der Waals surface area contributed by atoms with E-state index in [1.54, 1.807) is 6.92 Å². The minimum atomic E-state index is -0.484. The number of nitrogens with zero attached hydrogens (tertiary/aromatic N) is 1. The van der Waals surface area contributed by atoms with Gasteiger partial charge in [0.1, 0.15) is 6.04 Å². The molecule has 1 rings (SSSR count). The van der Waals surface area contributed by atoms with Gasteiger partial charge in [-0.05, 0) is 19.1 Å². The molecule has 2 N–H and O–H groups in total. The third-order valence-electron chi connectivity index (χ3n) is 2.01. The third-order valence-corrected chi connectivity index (χ3v) is 2.01. The molecule has 0 amide bonds. The van der Waals surface area contributed by atoms with Gasteiger partial charge >= 0.3 is 5.97 Å². The zero-order valence-electron chi connectivity index (χ0n) is 8.31. The molecule has 0 aromatic heterocycles. The number of carbonyl (C=O) groups excluding carboxylic acids is 1. The summed E-state index contributed by atoms with van der Waals surface area (Å²) in [4.78, 5) is 11.2. The monoisotopic (exact) mass is 194 g/mol. The van der Waals surface area contributed by atoms with Crippen molar-refractivity contribution in [1.82, 2.24) is 0 Å². The van der Waals surface area contributed by atoms with Crippen molar-refractivity contribution in [3.8, 4) is 0 Å². The van der Waals surface area contributed by atoms with Crippen LogP contribution in [0.2, 0.25) is 0 Å². The van der Waals surface area contributed by atoms with Gasteiger partial charge in [0.05, 0.1) is 12.8 Å². The number of hydrogen-bond acceptors (Lipinski definition) is 4. The number of methoxy groups -OCH3 is 1. The maximum absolute atomic E-state index is 11.2. The van der Waals surface area contributed by atoms with Crippen LogP contribution in [-0.2, 0) is 9.53 Å². The summed E-state index contributed by atoms with van der Waals surface area (Å²) in [6.07, 6.45) is 0. The quantitative estimate of drug-likeness (QED) is 0.442. The highest BCUT2D eigenvalue weighted by molar-refractivity contribution is 5.79. The number of para-hydroxylation sites is 1. The molecule has 0 saturated carbocycles. The van der Waals surface area contributed by atoms with Crippen LogP contribution in [0.1, 0.15) is 6.92 Å². The third kappa shape index (κ3) is 2.23. The van der Waals surface area contributed by atoms with Crippen LogP contribution in [0.5, 0.6) is 0 Å². The minimum Gasteiger partial charge on any atom is -0.467 e. The Morgan fingerprint density at radius 3 is 2.50 bits per heavy atom. The minimum absolute atomic E-state index is 0.351. The van der Waals surface area contributed by atoms with Gasteiger partial charge in [0.25, 0.3) is 0 Å². The van der Waals surface area contributed by atoms with Gasteiger partial charge in [-0.25, -0.2) is 10.6 Å². The summed E-state index contributed by atoms with van der Waals surface area (Å²) in [6, 6.07) is 8.79. The molecule has 4 heteroatoms. The van der Waals surface area contributed by atoms with Gasteiger partial charge in [-0.3, -0.25) is 5.01 Å². The fourth-order valence-corrected chi connectivity index (χ4v) is 1.11. The Morgan fingerprint density at radius 1 is 1.43 bits per heavy atom. The predicted octanol–water partition coefficient (Wildman–Crippen LogP) is 0.928. The molecule has 1 aromatic rings. The molecule has 0 aliphatic carbocycles. The first-order valence-corrected chi connectivity index (χ1v) is 4.33. The highest BCUT2D eigenvalue weighted by Crippen LogP contribution is 2.12. The van der Waals surface area contributed by atoms with E-state index >= 15 is 0 Å². The lowest BCUT2D eigenvalue weighted by molar-refractivity contribution is -0.141. The highest BCUT2D eigenvalue weighted by Gasteiger charge is 2.19. The molecule has 4 nitrogen and oxygen atoms in total. The second-order valence-corrected chi connectivity index (χ2v) is 2.94. The van der Waals surface area contributed by atoms with Crippen LogP contribution in [0.4, 0.5) is 5.69 Å². The van der Waals surface area contributed by atoms with Gasteiger partial charge in [-0.15, -0.1) is 0 Å². The van der Waals surface area contributed by atoms with E-state index in [4.69, 9.17) is 5.84 Å². The van der Waals surface area contributed by atoms with Crippen LogP contribution in [0.3, 0.4) is 0 Å². The Hall–Kier alpha value is -1.55. The lowest BCUT2D eigenvalue weighted by Crippen LogP contribution is -2.44. The van der Waals surface area contributed by atoms with Crippen LogP contribution < -0.4 is 10.9 Å². The molecule has 0 spiro atoms. The molecule has 0 bridgehead atoms. The Labute approximate surface area is 83.2 Å². The van der Waals surface area contributed by atoms with Crippen LogP contribution in [0, 0.1) is 0 Å². The number of hydrazine groups is 1. The van der Waals surface area contributed by atoms with Gasteiger partial charge in [0.15, 0.2) is 0 Å². The van der Waals surface area contributed by atoms with Gasteiger partial charge in [0, 0.05) is 0 Å². The zero-order valence-corrected chi connectivity index (χ0v) is 8.31. The van der Waals surface area contributed by atoms with Gasteiger partial charge < -0.3 is 4.74 Å². The number of esters is 1. The number of carbonyl (C=O) groups is 1. The first-order valence-electron chi connectivity index (χ1n) is 4.33. The van der Waals surface area contributed by atoms with Crippen molar-refractivity contribution >= 4 is 11.7 Å². The van der Waals surface area contributed by atoms with Crippen molar-refractivity contribution in [2.75, 3.05) is 12.1 Å². The van der Waals surface area contributed by atoms with Crippen molar-refractivity contribution < 1.29 is 9.53 Å². The smallest absolute Gasteiger partial charge is 0.329 e. The SMILES string of the molecule is COC(=O)C(C)N(N)c1ccccc1. The fraction of sp³-hybridized carbons (Fsp3) is 0.300. The second kappa shape index (κ2) is 4.62. The van der Waals surface area contributed by atoms with Crippen LogP contribution >= 0.6 is 0 Å². The standard InChI is InChI=1S/C10H14N2O2/c1-8(10(13)14-2)12(11)9-6-4-3-5-7-9/h3-8H,11H2,1-2H3. The van der Waals surface area contributed by atoms with E-state index in [-0.39, 0.29) is 5.97 Å². The first-order chi connectivity index (χ1) is 6.66. The summed E-state index contributed by atoms with van der Waals surface area (Å²) >= 11 is 0. The van der Waals surface area contributed by atoms with Gasteiger partial charge in [-0.1, -0.05) is 18.2 Å². The van der Waals surface area contributed by atoms with Crippen LogP contribution in [0.15, 0.2) is 30.3 Å². The van der Waals surface area contributed by atoms with Gasteiger partial charge in [-0.2, -0.15) is 0 Å². The average molecular weight is 194 g/mol. The molecule has 1 atom stereocenters. The Balaban J connectivity index is 2.75. The number of benzene rings is 1. The van der Waals surface area contributed by atoms with Gasteiger partial charge in [0.2, 0.25) is 0 Å². The molecule has 0 saturated heterocycles. The van der Waals surface area contributed by atoms with E-state index in [2.05, 4.69) is 4.74 Å². The van der Waals surface area contributed by atoms with Crippen molar-refractivity contribution in [3.05, 3.63) is 30.3 Å². The maximum Gasteiger partial charge on any atom is 0.329 e. The van der Waals surface area contributed by atoms with E-state index in [1.165, 1.54) is 12.1 Å². The zero-order chi connectivity index (χ0) is 10.6. The molecule has 0 heterocycles. The topological polar surface area (TPSA) is 55.6 Å². The Kier molecular flexibility index (Phi) is 3.48.